The fourth-order valence-corrected chi connectivity index (χ4v) is 1.63. The Morgan fingerprint density at radius 2 is 2.31 bits per heavy atom. The van der Waals surface area contributed by atoms with E-state index < -0.39 is 24.0 Å². The lowest BCUT2D eigenvalue weighted by Crippen LogP contribution is -2.48. The molecule has 2 atom stereocenters. The summed E-state index contributed by atoms with van der Waals surface area (Å²) in [5.41, 5.74) is 0. The zero-order valence-electron chi connectivity index (χ0n) is 9.16. The van der Waals surface area contributed by atoms with Crippen LogP contribution in [0.15, 0.2) is 0 Å². The van der Waals surface area contributed by atoms with Gasteiger partial charge in [0.15, 0.2) is 0 Å². The third-order valence-corrected chi connectivity index (χ3v) is 2.50. The molecule has 6 nitrogen and oxygen atoms in total. The van der Waals surface area contributed by atoms with Gasteiger partial charge in [-0.25, -0.2) is 4.79 Å². The summed E-state index contributed by atoms with van der Waals surface area (Å²) in [7, 11) is 0. The van der Waals surface area contributed by atoms with Crippen molar-refractivity contribution in [3.8, 4) is 0 Å². The van der Waals surface area contributed by atoms with Crippen molar-refractivity contribution in [1.82, 2.24) is 10.6 Å². The first-order chi connectivity index (χ1) is 7.54. The summed E-state index contributed by atoms with van der Waals surface area (Å²) in [6.07, 6.45) is 1.82. The van der Waals surface area contributed by atoms with E-state index in [1.807, 2.05) is 6.92 Å². The van der Waals surface area contributed by atoms with Gasteiger partial charge in [-0.1, -0.05) is 13.3 Å². The average Bonchev–Trinajstić information content (AvgIpc) is 2.64. The van der Waals surface area contributed by atoms with Crippen LogP contribution < -0.4 is 10.6 Å². The van der Waals surface area contributed by atoms with Gasteiger partial charge in [0.25, 0.3) is 0 Å². The van der Waals surface area contributed by atoms with E-state index in [-0.39, 0.29) is 5.91 Å². The first-order valence-corrected chi connectivity index (χ1v) is 5.37. The second kappa shape index (κ2) is 5.48. The standard InChI is InChI=1S/C10H16N2O4/c1-2-3-7(10(15)16)12-9(14)6-4-5-8(13)11-6/h6-7H,2-5H2,1H3,(H,11,13)(H,12,14)(H,15,16)/t6-,7-/m1/s1. The molecule has 6 heteroatoms. The Hall–Kier alpha value is -1.59. The minimum absolute atomic E-state index is 0.164. The number of carboxylic acids is 1. The van der Waals surface area contributed by atoms with Crippen molar-refractivity contribution in [2.45, 2.75) is 44.7 Å². The Labute approximate surface area is 93.4 Å². The first-order valence-electron chi connectivity index (χ1n) is 5.37. The Morgan fingerprint density at radius 1 is 1.62 bits per heavy atom. The summed E-state index contributed by atoms with van der Waals surface area (Å²) >= 11 is 0. The van der Waals surface area contributed by atoms with E-state index >= 15 is 0 Å². The normalized spacial score (nSPS) is 21.3. The maximum atomic E-state index is 11.6. The molecular weight excluding hydrogens is 212 g/mol. The van der Waals surface area contributed by atoms with E-state index in [9.17, 15) is 14.4 Å². The van der Waals surface area contributed by atoms with E-state index in [4.69, 9.17) is 5.11 Å². The van der Waals surface area contributed by atoms with Gasteiger partial charge in [-0.2, -0.15) is 0 Å². The molecule has 0 aliphatic carbocycles. The van der Waals surface area contributed by atoms with Crippen LogP contribution in [0, 0.1) is 0 Å². The molecule has 1 aliphatic heterocycles. The lowest BCUT2D eigenvalue weighted by atomic mass is 10.1. The molecule has 0 spiro atoms. The average molecular weight is 228 g/mol. The van der Waals surface area contributed by atoms with Crippen LogP contribution in [-0.2, 0) is 14.4 Å². The van der Waals surface area contributed by atoms with Crippen molar-refractivity contribution >= 4 is 17.8 Å². The van der Waals surface area contributed by atoms with Crippen LogP contribution in [-0.4, -0.2) is 35.0 Å². The number of carbonyl (C=O) groups is 3. The number of amides is 2. The van der Waals surface area contributed by atoms with Gasteiger partial charge in [-0.05, 0) is 12.8 Å². The maximum Gasteiger partial charge on any atom is 0.326 e. The molecule has 0 bridgehead atoms. The van der Waals surface area contributed by atoms with Crippen LogP contribution in [0.5, 0.6) is 0 Å². The van der Waals surface area contributed by atoms with Gasteiger partial charge >= 0.3 is 5.97 Å². The SMILES string of the molecule is CCC[C@@H](NC(=O)[C@H]1CCC(=O)N1)C(=O)O. The molecule has 1 aliphatic rings. The minimum Gasteiger partial charge on any atom is -0.480 e. The molecule has 2 amide bonds. The molecule has 0 unspecified atom stereocenters. The van der Waals surface area contributed by atoms with Gasteiger partial charge in [0.1, 0.15) is 12.1 Å². The van der Waals surface area contributed by atoms with Crippen molar-refractivity contribution in [2.24, 2.45) is 0 Å². The molecule has 1 heterocycles. The third kappa shape index (κ3) is 3.22. The van der Waals surface area contributed by atoms with Crippen LogP contribution in [0.3, 0.4) is 0 Å². The number of rotatable bonds is 5. The highest BCUT2D eigenvalue weighted by atomic mass is 16.4. The van der Waals surface area contributed by atoms with Crippen molar-refractivity contribution in [2.75, 3.05) is 0 Å². The van der Waals surface area contributed by atoms with Gasteiger partial charge < -0.3 is 15.7 Å². The number of carbonyl (C=O) groups excluding carboxylic acids is 2. The second-order valence-electron chi connectivity index (χ2n) is 3.85. The highest BCUT2D eigenvalue weighted by Gasteiger charge is 2.29. The summed E-state index contributed by atoms with van der Waals surface area (Å²) in [5.74, 6) is -1.62. The highest BCUT2D eigenvalue weighted by Crippen LogP contribution is 2.07. The van der Waals surface area contributed by atoms with E-state index in [0.717, 1.165) is 0 Å². The first kappa shape index (κ1) is 12.5. The minimum atomic E-state index is -1.04. The molecule has 1 fully saturated rings. The Morgan fingerprint density at radius 3 is 2.75 bits per heavy atom. The second-order valence-corrected chi connectivity index (χ2v) is 3.85. The van der Waals surface area contributed by atoms with E-state index in [2.05, 4.69) is 10.6 Å². The van der Waals surface area contributed by atoms with Crippen LogP contribution in [0.25, 0.3) is 0 Å². The van der Waals surface area contributed by atoms with Crippen molar-refractivity contribution in [3.05, 3.63) is 0 Å². The van der Waals surface area contributed by atoms with Gasteiger partial charge in [0, 0.05) is 6.42 Å². The number of nitrogens with one attached hydrogen (secondary N) is 2. The van der Waals surface area contributed by atoms with Crippen LogP contribution >= 0.6 is 0 Å². The molecule has 90 valence electrons. The summed E-state index contributed by atoms with van der Waals surface area (Å²) in [6.45, 7) is 1.85. The summed E-state index contributed by atoms with van der Waals surface area (Å²) < 4.78 is 0. The zero-order valence-corrected chi connectivity index (χ0v) is 9.16. The summed E-state index contributed by atoms with van der Waals surface area (Å²) in [4.78, 5) is 33.3. The number of carboxylic acid groups (broad SMARTS) is 1. The summed E-state index contributed by atoms with van der Waals surface area (Å²) in [6, 6.07) is -1.44. The van der Waals surface area contributed by atoms with E-state index in [1.165, 1.54) is 0 Å². The van der Waals surface area contributed by atoms with Gasteiger partial charge in [0.2, 0.25) is 11.8 Å². The molecule has 0 saturated carbocycles. The third-order valence-electron chi connectivity index (χ3n) is 2.50. The smallest absolute Gasteiger partial charge is 0.326 e. The van der Waals surface area contributed by atoms with E-state index in [0.29, 0.717) is 25.7 Å². The molecular formula is C10H16N2O4. The van der Waals surface area contributed by atoms with Gasteiger partial charge in [-0.15, -0.1) is 0 Å². The lowest BCUT2D eigenvalue weighted by molar-refractivity contribution is -0.142. The zero-order chi connectivity index (χ0) is 12.1. The van der Waals surface area contributed by atoms with Crippen LogP contribution in [0.4, 0.5) is 0 Å². The number of hydrogen-bond acceptors (Lipinski definition) is 3. The summed E-state index contributed by atoms with van der Waals surface area (Å²) in [5, 5.41) is 13.8. The predicted octanol–water partition coefficient (Wildman–Crippen LogP) is -0.365. The monoisotopic (exact) mass is 228 g/mol. The van der Waals surface area contributed by atoms with Gasteiger partial charge in [0.05, 0.1) is 0 Å². The van der Waals surface area contributed by atoms with Crippen molar-refractivity contribution in [1.29, 1.82) is 0 Å². The molecule has 0 aromatic heterocycles. The Balaban J connectivity index is 2.48. The van der Waals surface area contributed by atoms with Crippen LogP contribution in [0.2, 0.25) is 0 Å². The van der Waals surface area contributed by atoms with Gasteiger partial charge in [-0.3, -0.25) is 9.59 Å². The molecule has 0 radical (unpaired) electrons. The molecule has 0 aromatic rings. The molecule has 3 N–H and O–H groups in total. The molecule has 1 saturated heterocycles. The van der Waals surface area contributed by atoms with E-state index in [1.54, 1.807) is 0 Å². The largest absolute Gasteiger partial charge is 0.480 e. The fraction of sp³-hybridized carbons (Fsp3) is 0.700. The molecule has 16 heavy (non-hydrogen) atoms. The number of aliphatic carboxylic acids is 1. The number of hydrogen-bond donors (Lipinski definition) is 3. The van der Waals surface area contributed by atoms with Crippen molar-refractivity contribution < 1.29 is 19.5 Å². The predicted molar refractivity (Wildman–Crippen MR) is 55.6 cm³/mol. The Bertz CT molecular complexity index is 303. The van der Waals surface area contributed by atoms with Crippen molar-refractivity contribution in [3.63, 3.8) is 0 Å². The quantitative estimate of drug-likeness (QED) is 0.598. The van der Waals surface area contributed by atoms with Crippen LogP contribution in [0.1, 0.15) is 32.6 Å². The molecule has 0 aromatic carbocycles. The topological polar surface area (TPSA) is 95.5 Å². The fourth-order valence-electron chi connectivity index (χ4n) is 1.63. The Kier molecular flexibility index (Phi) is 4.28. The lowest BCUT2D eigenvalue weighted by Gasteiger charge is -2.16. The highest BCUT2D eigenvalue weighted by molar-refractivity contribution is 5.92. The maximum absolute atomic E-state index is 11.6. The molecule has 1 rings (SSSR count).